The predicted octanol–water partition coefficient (Wildman–Crippen LogP) is 3.63. The zero-order valence-electron chi connectivity index (χ0n) is 13.7. The van der Waals surface area contributed by atoms with Gasteiger partial charge in [-0.1, -0.05) is 50.2 Å². The lowest BCUT2D eigenvalue weighted by atomic mass is 10.0. The highest BCUT2D eigenvalue weighted by molar-refractivity contribution is 7.89. The van der Waals surface area contributed by atoms with Crippen LogP contribution >= 0.6 is 0 Å². The van der Waals surface area contributed by atoms with Gasteiger partial charge in [-0.15, -0.1) is 0 Å². The van der Waals surface area contributed by atoms with E-state index in [1.165, 1.54) is 11.1 Å². The third kappa shape index (κ3) is 3.48. The van der Waals surface area contributed by atoms with Gasteiger partial charge < -0.3 is 0 Å². The lowest BCUT2D eigenvalue weighted by Crippen LogP contribution is -2.35. The molecule has 2 aromatic carbocycles. The standard InChI is InChI=1S/C19H23NO2S/c1-15(2)13-16-7-9-19(10-8-16)23(21,22)20-12-11-17-5-3-4-6-18(17)14-20/h3-10,15H,11-14H2,1-2H3. The summed E-state index contributed by atoms with van der Waals surface area (Å²) in [7, 11) is -3.42. The fourth-order valence-corrected chi connectivity index (χ4v) is 4.51. The zero-order valence-corrected chi connectivity index (χ0v) is 14.5. The van der Waals surface area contributed by atoms with Crippen molar-refractivity contribution >= 4 is 10.0 Å². The van der Waals surface area contributed by atoms with Gasteiger partial charge in [-0.05, 0) is 47.6 Å². The molecule has 2 aromatic rings. The van der Waals surface area contributed by atoms with Crippen molar-refractivity contribution in [3.8, 4) is 0 Å². The summed E-state index contributed by atoms with van der Waals surface area (Å²) in [6.45, 7) is 5.34. The minimum Gasteiger partial charge on any atom is -0.207 e. The highest BCUT2D eigenvalue weighted by Gasteiger charge is 2.27. The van der Waals surface area contributed by atoms with Crippen LogP contribution in [0.15, 0.2) is 53.4 Å². The Kier molecular flexibility index (Phi) is 4.55. The van der Waals surface area contributed by atoms with Crippen molar-refractivity contribution < 1.29 is 8.42 Å². The molecule has 0 saturated carbocycles. The molecular formula is C19H23NO2S. The van der Waals surface area contributed by atoms with Crippen molar-refractivity contribution in [1.29, 1.82) is 0 Å². The smallest absolute Gasteiger partial charge is 0.207 e. The average molecular weight is 329 g/mol. The molecule has 0 N–H and O–H groups in total. The molecule has 3 nitrogen and oxygen atoms in total. The van der Waals surface area contributed by atoms with Crippen molar-refractivity contribution in [1.82, 2.24) is 4.31 Å². The van der Waals surface area contributed by atoms with Gasteiger partial charge in [0.2, 0.25) is 10.0 Å². The Bertz CT molecular complexity index is 779. The van der Waals surface area contributed by atoms with Crippen molar-refractivity contribution in [3.05, 3.63) is 65.2 Å². The second kappa shape index (κ2) is 6.46. The Balaban J connectivity index is 1.82. The summed E-state index contributed by atoms with van der Waals surface area (Å²) in [5, 5.41) is 0. The number of hydrogen-bond acceptors (Lipinski definition) is 2. The first-order chi connectivity index (χ1) is 11.0. The monoisotopic (exact) mass is 329 g/mol. The van der Waals surface area contributed by atoms with Crippen LogP contribution in [0.25, 0.3) is 0 Å². The van der Waals surface area contributed by atoms with E-state index in [4.69, 9.17) is 0 Å². The van der Waals surface area contributed by atoms with E-state index in [-0.39, 0.29) is 0 Å². The average Bonchev–Trinajstić information content (AvgIpc) is 2.54. The number of rotatable bonds is 4. The molecule has 23 heavy (non-hydrogen) atoms. The van der Waals surface area contributed by atoms with E-state index in [0.717, 1.165) is 18.4 Å². The Labute approximate surface area is 139 Å². The number of sulfonamides is 1. The highest BCUT2D eigenvalue weighted by atomic mass is 32.2. The quantitative estimate of drug-likeness (QED) is 0.859. The topological polar surface area (TPSA) is 37.4 Å². The second-order valence-corrected chi connectivity index (χ2v) is 8.54. The number of benzene rings is 2. The Morgan fingerprint density at radius 1 is 1.00 bits per heavy atom. The van der Waals surface area contributed by atoms with Crippen LogP contribution in [0, 0.1) is 5.92 Å². The van der Waals surface area contributed by atoms with E-state index in [1.54, 1.807) is 16.4 Å². The maximum Gasteiger partial charge on any atom is 0.243 e. The van der Waals surface area contributed by atoms with Crippen molar-refractivity contribution in [2.24, 2.45) is 5.92 Å². The molecule has 0 atom stereocenters. The molecule has 1 aliphatic rings. The first-order valence-corrected chi connectivity index (χ1v) is 9.56. The number of hydrogen-bond donors (Lipinski definition) is 0. The van der Waals surface area contributed by atoms with Gasteiger partial charge in [-0.2, -0.15) is 4.31 Å². The van der Waals surface area contributed by atoms with Crippen molar-refractivity contribution in [3.63, 3.8) is 0 Å². The Hall–Kier alpha value is -1.65. The third-order valence-electron chi connectivity index (χ3n) is 4.30. The Morgan fingerprint density at radius 2 is 1.65 bits per heavy atom. The van der Waals surface area contributed by atoms with Gasteiger partial charge in [0.15, 0.2) is 0 Å². The molecule has 0 aliphatic carbocycles. The maximum absolute atomic E-state index is 12.9. The summed E-state index contributed by atoms with van der Waals surface area (Å²) in [5.74, 6) is 0.566. The van der Waals surface area contributed by atoms with E-state index in [9.17, 15) is 8.42 Å². The molecule has 0 radical (unpaired) electrons. The highest BCUT2D eigenvalue weighted by Crippen LogP contribution is 2.25. The summed E-state index contributed by atoms with van der Waals surface area (Å²) >= 11 is 0. The van der Waals surface area contributed by atoms with Gasteiger partial charge in [-0.3, -0.25) is 0 Å². The van der Waals surface area contributed by atoms with Crippen molar-refractivity contribution in [2.45, 2.75) is 38.1 Å². The van der Waals surface area contributed by atoms with Crippen LogP contribution in [0.3, 0.4) is 0 Å². The molecule has 0 unspecified atom stereocenters. The molecule has 3 rings (SSSR count). The predicted molar refractivity (Wildman–Crippen MR) is 92.7 cm³/mol. The lowest BCUT2D eigenvalue weighted by molar-refractivity contribution is 0.391. The summed E-state index contributed by atoms with van der Waals surface area (Å²) < 4.78 is 27.3. The summed E-state index contributed by atoms with van der Waals surface area (Å²) in [6.07, 6.45) is 1.75. The number of fused-ring (bicyclic) bond motifs is 1. The largest absolute Gasteiger partial charge is 0.243 e. The fourth-order valence-electron chi connectivity index (χ4n) is 3.09. The normalized spacial score (nSPS) is 15.6. The van der Waals surface area contributed by atoms with Crippen LogP contribution in [0.1, 0.15) is 30.5 Å². The fraction of sp³-hybridized carbons (Fsp3) is 0.368. The molecule has 1 heterocycles. The van der Waals surface area contributed by atoms with E-state index >= 15 is 0 Å². The van der Waals surface area contributed by atoms with Gasteiger partial charge in [0.05, 0.1) is 4.90 Å². The van der Waals surface area contributed by atoms with Crippen LogP contribution in [0.4, 0.5) is 0 Å². The first-order valence-electron chi connectivity index (χ1n) is 8.12. The molecule has 0 aromatic heterocycles. The van der Waals surface area contributed by atoms with Gasteiger partial charge in [-0.25, -0.2) is 8.42 Å². The van der Waals surface area contributed by atoms with Crippen LogP contribution in [0.5, 0.6) is 0 Å². The summed E-state index contributed by atoms with van der Waals surface area (Å²) in [5.41, 5.74) is 3.55. The van der Waals surface area contributed by atoms with Crippen LogP contribution < -0.4 is 0 Å². The molecule has 4 heteroatoms. The van der Waals surface area contributed by atoms with Gasteiger partial charge >= 0.3 is 0 Å². The van der Waals surface area contributed by atoms with E-state index in [0.29, 0.717) is 23.9 Å². The minimum atomic E-state index is -3.42. The van der Waals surface area contributed by atoms with Crippen molar-refractivity contribution in [2.75, 3.05) is 6.54 Å². The van der Waals surface area contributed by atoms with Gasteiger partial charge in [0.25, 0.3) is 0 Å². The summed E-state index contributed by atoms with van der Waals surface area (Å²) in [6, 6.07) is 15.4. The van der Waals surface area contributed by atoms with Crippen LogP contribution in [0.2, 0.25) is 0 Å². The molecule has 122 valence electrons. The second-order valence-electron chi connectivity index (χ2n) is 6.60. The van der Waals surface area contributed by atoms with Gasteiger partial charge in [0.1, 0.15) is 0 Å². The number of nitrogens with zero attached hydrogens (tertiary/aromatic N) is 1. The van der Waals surface area contributed by atoms with E-state index < -0.39 is 10.0 Å². The van der Waals surface area contributed by atoms with Crippen LogP contribution in [-0.4, -0.2) is 19.3 Å². The van der Waals surface area contributed by atoms with Gasteiger partial charge in [0, 0.05) is 13.1 Å². The van der Waals surface area contributed by atoms with E-state index in [2.05, 4.69) is 19.9 Å². The molecule has 0 amide bonds. The van der Waals surface area contributed by atoms with E-state index in [1.807, 2.05) is 30.3 Å². The minimum absolute atomic E-state index is 0.393. The zero-order chi connectivity index (χ0) is 16.4. The molecule has 1 aliphatic heterocycles. The third-order valence-corrected chi connectivity index (χ3v) is 6.16. The molecule has 0 saturated heterocycles. The SMILES string of the molecule is CC(C)Cc1ccc(S(=O)(=O)N2CCc3ccccc3C2)cc1. The molecule has 0 bridgehead atoms. The first kappa shape index (κ1) is 16.2. The lowest BCUT2D eigenvalue weighted by Gasteiger charge is -2.28. The Morgan fingerprint density at radius 3 is 2.30 bits per heavy atom. The molecular weight excluding hydrogens is 306 g/mol. The molecule has 0 spiro atoms. The molecule has 0 fully saturated rings. The van der Waals surface area contributed by atoms with Crippen LogP contribution in [-0.2, 0) is 29.4 Å². The maximum atomic E-state index is 12.9. The summed E-state index contributed by atoms with van der Waals surface area (Å²) in [4.78, 5) is 0.393.